The summed E-state index contributed by atoms with van der Waals surface area (Å²) in [6, 6.07) is 15.2. The Labute approximate surface area is 200 Å². The molecule has 0 fully saturated rings. The number of carbonyl (C=O) groups is 1. The third-order valence-corrected chi connectivity index (χ3v) is 4.97. The SMILES string of the molecule is COc1cc(/C=N/NC(=O)c2nnn(-c3nonc3N)c2C(C)C)ccc1OCc1ccccc1. The molecule has 0 saturated carbocycles. The number of hydrogen-bond donors (Lipinski definition) is 2. The predicted octanol–water partition coefficient (Wildman–Crippen LogP) is 2.71. The number of benzene rings is 2. The molecule has 0 unspecified atom stereocenters. The van der Waals surface area contributed by atoms with Crippen LogP contribution in [0.25, 0.3) is 5.82 Å². The second-order valence-corrected chi connectivity index (χ2v) is 7.75. The second-order valence-electron chi connectivity index (χ2n) is 7.75. The van der Waals surface area contributed by atoms with Crippen LogP contribution in [0.15, 0.2) is 58.3 Å². The molecule has 0 saturated heterocycles. The molecule has 180 valence electrons. The number of aromatic nitrogens is 5. The number of amides is 1. The van der Waals surface area contributed by atoms with E-state index in [1.807, 2.05) is 44.2 Å². The molecule has 12 nitrogen and oxygen atoms in total. The molecule has 4 rings (SSSR count). The van der Waals surface area contributed by atoms with Crippen molar-refractivity contribution in [1.82, 2.24) is 30.7 Å². The monoisotopic (exact) mass is 476 g/mol. The van der Waals surface area contributed by atoms with E-state index < -0.39 is 5.91 Å². The summed E-state index contributed by atoms with van der Waals surface area (Å²) in [6.45, 7) is 4.18. The number of nitrogens with two attached hydrogens (primary N) is 1. The van der Waals surface area contributed by atoms with Crippen LogP contribution in [0.5, 0.6) is 11.5 Å². The minimum absolute atomic E-state index is 0.0342. The molecule has 2 aromatic carbocycles. The van der Waals surface area contributed by atoms with E-state index in [1.165, 1.54) is 10.9 Å². The molecule has 0 radical (unpaired) electrons. The first-order valence-corrected chi connectivity index (χ1v) is 10.7. The molecule has 4 aromatic rings. The van der Waals surface area contributed by atoms with Gasteiger partial charge in [-0.25, -0.2) is 10.1 Å². The van der Waals surface area contributed by atoms with Gasteiger partial charge in [-0.1, -0.05) is 49.4 Å². The standard InChI is InChI=1S/C23H24N8O4/c1-14(2)20-19(26-30-31(20)22-21(24)28-35-29-22)23(32)27-25-12-16-9-10-17(18(11-16)33-3)34-13-15-7-5-4-6-8-15/h4-12,14H,13H2,1-3H3,(H2,24,28)(H,27,32)/b25-12+. The van der Waals surface area contributed by atoms with E-state index in [0.29, 0.717) is 29.4 Å². The number of nitrogens with one attached hydrogen (secondary N) is 1. The van der Waals surface area contributed by atoms with Gasteiger partial charge in [-0.05, 0) is 45.6 Å². The molecule has 2 aromatic heterocycles. The van der Waals surface area contributed by atoms with Gasteiger partial charge in [-0.2, -0.15) is 9.78 Å². The molecule has 3 N–H and O–H groups in total. The summed E-state index contributed by atoms with van der Waals surface area (Å²) >= 11 is 0. The Hall–Kier alpha value is -4.74. The second kappa shape index (κ2) is 10.5. The maximum Gasteiger partial charge on any atom is 0.293 e. The fraction of sp³-hybridized carbons (Fsp3) is 0.217. The Kier molecular flexibility index (Phi) is 7.00. The van der Waals surface area contributed by atoms with Gasteiger partial charge in [-0.3, -0.25) is 4.79 Å². The zero-order valence-electron chi connectivity index (χ0n) is 19.4. The normalized spacial score (nSPS) is 11.2. The number of hydrazone groups is 1. The van der Waals surface area contributed by atoms with Gasteiger partial charge in [0.05, 0.1) is 19.0 Å². The Morgan fingerprint density at radius 1 is 1.20 bits per heavy atom. The summed E-state index contributed by atoms with van der Waals surface area (Å²) in [4.78, 5) is 12.7. The van der Waals surface area contributed by atoms with Crippen LogP contribution in [0.1, 0.15) is 47.1 Å². The van der Waals surface area contributed by atoms with Gasteiger partial charge in [-0.15, -0.1) is 5.10 Å². The smallest absolute Gasteiger partial charge is 0.293 e. The highest BCUT2D eigenvalue weighted by atomic mass is 16.6. The Balaban J connectivity index is 1.45. The third kappa shape index (κ3) is 5.27. The first-order valence-electron chi connectivity index (χ1n) is 10.7. The molecule has 0 bridgehead atoms. The van der Waals surface area contributed by atoms with Crippen molar-refractivity contribution in [2.45, 2.75) is 26.4 Å². The summed E-state index contributed by atoms with van der Waals surface area (Å²) in [5.74, 6) is 0.661. The highest BCUT2D eigenvalue weighted by Gasteiger charge is 2.25. The van der Waals surface area contributed by atoms with Crippen molar-refractivity contribution in [3.05, 3.63) is 71.0 Å². The Morgan fingerprint density at radius 2 is 2.00 bits per heavy atom. The molecule has 0 aliphatic heterocycles. The van der Waals surface area contributed by atoms with Crippen molar-refractivity contribution in [1.29, 1.82) is 0 Å². The van der Waals surface area contributed by atoms with Crippen LogP contribution in [0, 0.1) is 0 Å². The van der Waals surface area contributed by atoms with E-state index in [-0.39, 0.29) is 23.2 Å². The lowest BCUT2D eigenvalue weighted by molar-refractivity contribution is 0.0948. The van der Waals surface area contributed by atoms with Crippen LogP contribution in [-0.2, 0) is 6.61 Å². The van der Waals surface area contributed by atoms with Crippen molar-refractivity contribution in [3.8, 4) is 17.3 Å². The first-order chi connectivity index (χ1) is 17.0. The molecular formula is C23H24N8O4. The van der Waals surface area contributed by atoms with Crippen LogP contribution < -0.4 is 20.6 Å². The maximum absolute atomic E-state index is 12.7. The predicted molar refractivity (Wildman–Crippen MR) is 127 cm³/mol. The van der Waals surface area contributed by atoms with Crippen molar-refractivity contribution in [2.75, 3.05) is 12.8 Å². The van der Waals surface area contributed by atoms with Gasteiger partial charge in [0.25, 0.3) is 5.91 Å². The quantitative estimate of drug-likeness (QED) is 0.274. The lowest BCUT2D eigenvalue weighted by Gasteiger charge is -2.11. The maximum atomic E-state index is 12.7. The lowest BCUT2D eigenvalue weighted by Crippen LogP contribution is -2.21. The summed E-state index contributed by atoms with van der Waals surface area (Å²) in [5, 5.41) is 19.2. The molecular weight excluding hydrogens is 452 g/mol. The van der Waals surface area contributed by atoms with Crippen LogP contribution in [0.4, 0.5) is 5.82 Å². The summed E-state index contributed by atoms with van der Waals surface area (Å²) in [6.07, 6.45) is 1.49. The minimum atomic E-state index is -0.541. The Bertz CT molecular complexity index is 1330. The molecule has 0 spiro atoms. The van der Waals surface area contributed by atoms with Crippen LogP contribution >= 0.6 is 0 Å². The number of nitrogens with zero attached hydrogens (tertiary/aromatic N) is 6. The number of rotatable bonds is 9. The van der Waals surface area contributed by atoms with E-state index in [1.54, 1.807) is 25.3 Å². The molecule has 35 heavy (non-hydrogen) atoms. The highest BCUT2D eigenvalue weighted by molar-refractivity contribution is 5.94. The van der Waals surface area contributed by atoms with E-state index in [0.717, 1.165) is 5.56 Å². The number of methoxy groups -OCH3 is 1. The number of hydrogen-bond acceptors (Lipinski definition) is 10. The number of ether oxygens (including phenoxy) is 2. The van der Waals surface area contributed by atoms with Gasteiger partial charge in [0, 0.05) is 0 Å². The van der Waals surface area contributed by atoms with Gasteiger partial charge in [0.1, 0.15) is 6.61 Å². The van der Waals surface area contributed by atoms with Crippen molar-refractivity contribution in [2.24, 2.45) is 5.10 Å². The average molecular weight is 476 g/mol. The molecule has 0 atom stereocenters. The fourth-order valence-electron chi connectivity index (χ4n) is 3.30. The van der Waals surface area contributed by atoms with E-state index >= 15 is 0 Å². The number of carbonyl (C=O) groups excluding carboxylic acids is 1. The molecule has 12 heteroatoms. The Morgan fingerprint density at radius 3 is 2.69 bits per heavy atom. The van der Waals surface area contributed by atoms with Crippen LogP contribution in [0.3, 0.4) is 0 Å². The minimum Gasteiger partial charge on any atom is -0.493 e. The van der Waals surface area contributed by atoms with Crippen LogP contribution in [-0.4, -0.2) is 44.5 Å². The van der Waals surface area contributed by atoms with E-state index in [9.17, 15) is 4.79 Å². The summed E-state index contributed by atoms with van der Waals surface area (Å²) in [5.41, 5.74) is 10.5. The fourth-order valence-corrected chi connectivity index (χ4v) is 3.30. The van der Waals surface area contributed by atoms with Crippen molar-refractivity contribution in [3.63, 3.8) is 0 Å². The highest BCUT2D eigenvalue weighted by Crippen LogP contribution is 2.28. The molecule has 0 aliphatic carbocycles. The first kappa shape index (κ1) is 23.4. The van der Waals surface area contributed by atoms with Gasteiger partial charge in [0.15, 0.2) is 17.2 Å². The van der Waals surface area contributed by atoms with Crippen LogP contribution in [0.2, 0.25) is 0 Å². The third-order valence-electron chi connectivity index (χ3n) is 4.97. The van der Waals surface area contributed by atoms with Gasteiger partial charge >= 0.3 is 0 Å². The van der Waals surface area contributed by atoms with Crippen molar-refractivity contribution < 1.29 is 18.9 Å². The largest absolute Gasteiger partial charge is 0.493 e. The molecule has 1 amide bonds. The van der Waals surface area contributed by atoms with Gasteiger partial charge in [0.2, 0.25) is 11.6 Å². The summed E-state index contributed by atoms with van der Waals surface area (Å²) < 4.78 is 17.3. The zero-order valence-corrected chi connectivity index (χ0v) is 19.4. The number of anilines is 1. The zero-order chi connectivity index (χ0) is 24.8. The van der Waals surface area contributed by atoms with E-state index in [4.69, 9.17) is 15.2 Å². The topological polar surface area (TPSA) is 156 Å². The lowest BCUT2D eigenvalue weighted by atomic mass is 10.1. The molecule has 0 aliphatic rings. The van der Waals surface area contributed by atoms with E-state index in [2.05, 4.69) is 35.8 Å². The van der Waals surface area contributed by atoms with Crippen molar-refractivity contribution >= 4 is 17.9 Å². The molecule has 2 heterocycles. The summed E-state index contributed by atoms with van der Waals surface area (Å²) in [7, 11) is 1.56. The number of nitrogen functional groups attached to an aromatic ring is 1. The average Bonchev–Trinajstić information content (AvgIpc) is 3.49. The van der Waals surface area contributed by atoms with Gasteiger partial charge < -0.3 is 15.2 Å².